The van der Waals surface area contributed by atoms with Gasteiger partial charge in [0.05, 0.1) is 6.61 Å². The highest BCUT2D eigenvalue weighted by Crippen LogP contribution is 2.11. The van der Waals surface area contributed by atoms with E-state index < -0.39 is 8.80 Å². The Morgan fingerprint density at radius 3 is 1.32 bits per heavy atom. The number of carbonyl (C=O) groups excluding carboxylic acids is 1. The second-order valence-corrected chi connectivity index (χ2v) is 13.6. The summed E-state index contributed by atoms with van der Waals surface area (Å²) in [7, 11) is 16.9. The highest BCUT2D eigenvalue weighted by Gasteiger charge is 2.34. The van der Waals surface area contributed by atoms with Crippen LogP contribution in [0.1, 0.15) is 20.3 Å². The molecule has 0 aliphatic rings. The summed E-state index contributed by atoms with van der Waals surface area (Å²) in [4.78, 5) is 17.5. The normalized spacial score (nSPS) is 13.1. The minimum absolute atomic E-state index is 0.324. The zero-order chi connectivity index (χ0) is 23.3. The van der Waals surface area contributed by atoms with Gasteiger partial charge in [-0.3, -0.25) is 0 Å². The quantitative estimate of drug-likeness (QED) is 0.234. The first-order chi connectivity index (χ1) is 12.7. The van der Waals surface area contributed by atoms with E-state index in [0.29, 0.717) is 43.6 Å². The van der Waals surface area contributed by atoms with Crippen molar-refractivity contribution in [2.45, 2.75) is 20.3 Å². The molecule has 12 heteroatoms. The fraction of sp³-hybridized carbons (Fsp3) is 0.812. The summed E-state index contributed by atoms with van der Waals surface area (Å²) in [5, 5.41) is 0. The molecule has 0 aromatic heterocycles. The lowest BCUT2D eigenvalue weighted by molar-refractivity contribution is -0.139. The summed E-state index contributed by atoms with van der Waals surface area (Å²) in [6.45, 7) is 4.08. The van der Waals surface area contributed by atoms with E-state index in [0.717, 1.165) is 6.42 Å². The molecule has 0 saturated carbocycles. The number of rotatable bonds is 7. The van der Waals surface area contributed by atoms with Crippen molar-refractivity contribution in [3.63, 3.8) is 0 Å². The number of nitrogens with zero attached hydrogens (tertiary/aromatic N) is 3. The summed E-state index contributed by atoms with van der Waals surface area (Å²) >= 11 is 0. The maximum Gasteiger partial charge on any atom is 0.496 e. The molecule has 8 nitrogen and oxygen atoms in total. The molecule has 0 aliphatic heterocycles. The van der Waals surface area contributed by atoms with Gasteiger partial charge in [0.25, 0.3) is 0 Å². The third-order valence-electron chi connectivity index (χ3n) is 2.01. The third kappa shape index (κ3) is 33.4. The van der Waals surface area contributed by atoms with Gasteiger partial charge in [0.1, 0.15) is 31.5 Å². The fourth-order valence-corrected chi connectivity index (χ4v) is 9.62. The van der Waals surface area contributed by atoms with Crippen molar-refractivity contribution in [3.05, 3.63) is 11.3 Å². The Morgan fingerprint density at radius 1 is 0.821 bits per heavy atom. The number of hydrogen-bond donors (Lipinski definition) is 0. The zero-order valence-corrected chi connectivity index (χ0v) is 27.9. The van der Waals surface area contributed by atoms with Crippen LogP contribution in [0.4, 0.5) is 0 Å². The Labute approximate surface area is 184 Å². The topological polar surface area (TPSA) is 63.7 Å². The van der Waals surface area contributed by atoms with Gasteiger partial charge in [0, 0.05) is 5.57 Å². The average molecular weight is 474 g/mol. The molecule has 0 fully saturated rings. The van der Waals surface area contributed by atoms with Gasteiger partial charge in [-0.25, -0.2) is 4.79 Å². The highest BCUT2D eigenvalue weighted by molar-refractivity contribution is 6.74. The maximum absolute atomic E-state index is 11.5. The van der Waals surface area contributed by atoms with Gasteiger partial charge in [-0.05, 0) is 82.5 Å². The van der Waals surface area contributed by atoms with Gasteiger partial charge in [0.2, 0.25) is 0 Å². The first-order valence-electron chi connectivity index (χ1n) is 9.09. The monoisotopic (exact) mass is 473 g/mol. The van der Waals surface area contributed by atoms with E-state index in [1.54, 1.807) is 12.6 Å². The molecule has 0 radical (unpaired) electrons. The van der Waals surface area contributed by atoms with Crippen LogP contribution in [-0.2, 0) is 21.9 Å². The third-order valence-corrected chi connectivity index (χ3v) is 9.62. The van der Waals surface area contributed by atoms with Gasteiger partial charge in [-0.15, -0.1) is 0 Å². The van der Waals surface area contributed by atoms with Crippen LogP contribution in [0.15, 0.2) is 11.3 Å². The number of esters is 1. The second kappa shape index (κ2) is 23.1. The van der Waals surface area contributed by atoms with Crippen molar-refractivity contribution in [1.29, 1.82) is 0 Å². The molecule has 0 atom stereocenters. The first kappa shape index (κ1) is 35.3. The van der Waals surface area contributed by atoms with Crippen molar-refractivity contribution >= 4 is 46.2 Å². The lowest BCUT2D eigenvalue weighted by Gasteiger charge is -2.23. The average Bonchev–Trinajstić information content (AvgIpc) is 2.56. The van der Waals surface area contributed by atoms with Crippen LogP contribution in [0.25, 0.3) is 0 Å². The van der Waals surface area contributed by atoms with Crippen molar-refractivity contribution in [2.24, 2.45) is 0 Å². The molecular weight excluding hydrogens is 427 g/mol. The van der Waals surface area contributed by atoms with E-state index in [9.17, 15) is 4.79 Å². The number of ether oxygens (including phenoxy) is 1. The Bertz CT molecular complexity index is 352. The van der Waals surface area contributed by atoms with E-state index in [1.807, 2.05) is 85.1 Å². The minimum atomic E-state index is -2.66. The molecule has 0 aromatic carbocycles. The molecule has 0 spiro atoms. The molecule has 0 rings (SSSR count). The van der Waals surface area contributed by atoms with E-state index in [2.05, 4.69) is 0 Å². The standard InChI is InChI=1S/C7H20O5Si4.3C3H9N/c1-3-4-9-7(8)6(2)5-16(10-13,11-14)12-15;3*1-4(2)3/h5H,3-4H2,1-2,13-15H3;3*1-3H3. The Hall–Kier alpha value is -0.162. The molecule has 172 valence electrons. The molecule has 0 unspecified atom stereocenters. The molecule has 0 N–H and O–H groups in total. The molecule has 0 heterocycles. The minimum Gasteiger partial charge on any atom is -0.462 e. The van der Waals surface area contributed by atoms with Crippen LogP contribution in [0.3, 0.4) is 0 Å². The van der Waals surface area contributed by atoms with Gasteiger partial charge < -0.3 is 31.8 Å². The molecule has 0 saturated heterocycles. The smallest absolute Gasteiger partial charge is 0.462 e. The number of carbonyl (C=O) groups is 1. The summed E-state index contributed by atoms with van der Waals surface area (Å²) in [5.41, 5.74) is 2.18. The van der Waals surface area contributed by atoms with E-state index >= 15 is 0 Å². The Kier molecular flexibility index (Phi) is 29.1. The van der Waals surface area contributed by atoms with Crippen molar-refractivity contribution in [1.82, 2.24) is 14.7 Å². The summed E-state index contributed by atoms with van der Waals surface area (Å²) < 4.78 is 21.2. The molecular formula is C16H47N3O5Si4. The van der Waals surface area contributed by atoms with Crippen molar-refractivity contribution < 1.29 is 21.9 Å². The van der Waals surface area contributed by atoms with Crippen LogP contribution >= 0.6 is 0 Å². The lowest BCUT2D eigenvalue weighted by Crippen LogP contribution is -2.43. The van der Waals surface area contributed by atoms with Gasteiger partial charge in [-0.2, -0.15) is 0 Å². The lowest BCUT2D eigenvalue weighted by atomic mass is 10.4. The van der Waals surface area contributed by atoms with Crippen molar-refractivity contribution in [2.75, 3.05) is 70.0 Å². The van der Waals surface area contributed by atoms with E-state index in [4.69, 9.17) is 17.1 Å². The predicted molar refractivity (Wildman–Crippen MR) is 133 cm³/mol. The van der Waals surface area contributed by atoms with Crippen LogP contribution < -0.4 is 0 Å². The van der Waals surface area contributed by atoms with Crippen LogP contribution in [0, 0.1) is 0 Å². The maximum atomic E-state index is 11.5. The first-order valence-corrected chi connectivity index (χ1v) is 13.3. The number of hydrogen-bond acceptors (Lipinski definition) is 8. The molecule has 28 heavy (non-hydrogen) atoms. The predicted octanol–water partition coefficient (Wildman–Crippen LogP) is -2.21. The van der Waals surface area contributed by atoms with E-state index in [-0.39, 0.29) is 5.97 Å². The van der Waals surface area contributed by atoms with Crippen LogP contribution in [0.5, 0.6) is 0 Å². The summed E-state index contributed by atoms with van der Waals surface area (Å²) in [6.07, 6.45) is 0.813. The van der Waals surface area contributed by atoms with Crippen molar-refractivity contribution in [3.8, 4) is 0 Å². The zero-order valence-electron chi connectivity index (χ0n) is 20.9. The Balaban J connectivity index is -0.000000195. The van der Waals surface area contributed by atoms with E-state index in [1.165, 1.54) is 0 Å². The largest absolute Gasteiger partial charge is 0.496 e. The SMILES string of the molecule is CCCOC(=O)C(C)=C[Si](O[SiH3])(O[SiH3])O[SiH3].CN(C)C.CN(C)C.CN(C)C. The summed E-state index contributed by atoms with van der Waals surface area (Å²) in [6, 6.07) is 0. The second-order valence-electron chi connectivity index (χ2n) is 7.20. The molecule has 0 bridgehead atoms. The van der Waals surface area contributed by atoms with Gasteiger partial charge >= 0.3 is 14.8 Å². The molecule has 0 amide bonds. The van der Waals surface area contributed by atoms with Gasteiger partial charge in [0.15, 0.2) is 0 Å². The highest BCUT2D eigenvalue weighted by atomic mass is 28.5. The fourth-order valence-electron chi connectivity index (χ4n) is 1.06. The molecule has 0 aliphatic carbocycles. The molecule has 0 aromatic rings. The Morgan fingerprint density at radius 2 is 1.11 bits per heavy atom. The van der Waals surface area contributed by atoms with Crippen LogP contribution in [0.2, 0.25) is 0 Å². The van der Waals surface area contributed by atoms with Crippen LogP contribution in [-0.4, -0.2) is 131 Å². The van der Waals surface area contributed by atoms with Gasteiger partial charge in [-0.1, -0.05) is 6.92 Å². The summed E-state index contributed by atoms with van der Waals surface area (Å²) in [5.74, 6) is -0.324.